The summed E-state index contributed by atoms with van der Waals surface area (Å²) in [5.74, 6) is -0.467. The van der Waals surface area contributed by atoms with E-state index in [-0.39, 0.29) is 49.2 Å². The normalized spacial score (nSPS) is 28.6. The Morgan fingerprint density at radius 2 is 2.19 bits per heavy atom. The average molecular weight is 380 g/mol. The zero-order valence-corrected chi connectivity index (χ0v) is 16.0. The Hall–Kier alpha value is -1.50. The minimum Gasteiger partial charge on any atom is -0.461 e. The number of aliphatic hydroxyl groups excluding tert-OH is 1. The van der Waals surface area contributed by atoms with Crippen molar-refractivity contribution in [1.82, 2.24) is 0 Å². The fourth-order valence-corrected chi connectivity index (χ4v) is 3.66. The maximum atomic E-state index is 12.4. The van der Waals surface area contributed by atoms with Crippen LogP contribution in [0.1, 0.15) is 51.4 Å². The number of Topliss-reactive ketones (excluding diaryl/α,β-unsaturated/α-hetero) is 1. The van der Waals surface area contributed by atoms with E-state index in [9.17, 15) is 14.7 Å². The van der Waals surface area contributed by atoms with Crippen LogP contribution in [0.2, 0.25) is 0 Å². The Kier molecular flexibility index (Phi) is 9.73. The first-order valence-corrected chi connectivity index (χ1v) is 9.97. The van der Waals surface area contributed by atoms with E-state index in [0.717, 1.165) is 25.7 Å². The van der Waals surface area contributed by atoms with Gasteiger partial charge < -0.3 is 19.3 Å². The summed E-state index contributed by atoms with van der Waals surface area (Å²) in [6, 6.07) is 0. The van der Waals surface area contributed by atoms with Crippen LogP contribution in [-0.2, 0) is 23.8 Å². The lowest BCUT2D eigenvalue weighted by atomic mass is 9.91. The van der Waals surface area contributed by atoms with Crippen molar-refractivity contribution in [3.8, 4) is 0 Å². The minimum atomic E-state index is -0.261. The highest BCUT2D eigenvalue weighted by molar-refractivity contribution is 5.84. The molecule has 6 nitrogen and oxygen atoms in total. The Labute approximate surface area is 161 Å². The van der Waals surface area contributed by atoms with Crippen molar-refractivity contribution in [3.05, 3.63) is 24.8 Å². The summed E-state index contributed by atoms with van der Waals surface area (Å²) in [7, 11) is 0. The standard InChI is InChI=1S/C21H32O6/c1-2-12-25-20(24)10-6-4-3-5-9-16-17(15-22)19(14-18(16)23)27-21-11-7-8-13-26-21/h2-3,5,16-17,19,21-22H,1,4,6-15H2/b5-3-/t16-,17-,19-,21?/m1/s1. The molecule has 0 bridgehead atoms. The third-order valence-corrected chi connectivity index (χ3v) is 5.16. The molecule has 0 amide bonds. The van der Waals surface area contributed by atoms with E-state index in [1.165, 1.54) is 0 Å². The number of hydrogen-bond acceptors (Lipinski definition) is 6. The number of hydrogen-bond donors (Lipinski definition) is 1. The maximum Gasteiger partial charge on any atom is 0.306 e. The van der Waals surface area contributed by atoms with Gasteiger partial charge >= 0.3 is 5.97 Å². The van der Waals surface area contributed by atoms with Gasteiger partial charge in [0.05, 0.1) is 6.10 Å². The molecule has 0 aromatic heterocycles. The lowest BCUT2D eigenvalue weighted by Crippen LogP contribution is -2.32. The number of ether oxygens (including phenoxy) is 3. The molecule has 152 valence electrons. The van der Waals surface area contributed by atoms with Gasteiger partial charge in [-0.2, -0.15) is 0 Å². The molecule has 1 heterocycles. The molecular weight excluding hydrogens is 348 g/mol. The van der Waals surface area contributed by atoms with Crippen molar-refractivity contribution in [1.29, 1.82) is 0 Å². The van der Waals surface area contributed by atoms with Crippen LogP contribution < -0.4 is 0 Å². The monoisotopic (exact) mass is 380 g/mol. The topological polar surface area (TPSA) is 82.1 Å². The largest absolute Gasteiger partial charge is 0.461 e. The van der Waals surface area contributed by atoms with Crippen molar-refractivity contribution in [2.45, 2.75) is 63.8 Å². The number of rotatable bonds is 11. The molecule has 0 spiro atoms. The van der Waals surface area contributed by atoms with E-state index >= 15 is 0 Å². The van der Waals surface area contributed by atoms with Gasteiger partial charge in [-0.15, -0.1) is 0 Å². The minimum absolute atomic E-state index is 0.0588. The SMILES string of the molecule is C=CCOC(=O)CCC/C=C\C[C@H]1C(=O)C[C@@H](OC2CCCCO2)[C@@H]1CO. The van der Waals surface area contributed by atoms with Crippen LogP contribution in [-0.4, -0.2) is 49.1 Å². The summed E-state index contributed by atoms with van der Waals surface area (Å²) >= 11 is 0. The Balaban J connectivity index is 1.71. The van der Waals surface area contributed by atoms with Crippen molar-refractivity contribution in [2.24, 2.45) is 11.8 Å². The van der Waals surface area contributed by atoms with E-state index in [4.69, 9.17) is 14.2 Å². The van der Waals surface area contributed by atoms with Crippen LogP contribution in [0.3, 0.4) is 0 Å². The van der Waals surface area contributed by atoms with Crippen LogP contribution in [0.4, 0.5) is 0 Å². The number of carbonyl (C=O) groups excluding carboxylic acids is 2. The van der Waals surface area contributed by atoms with Gasteiger partial charge in [-0.1, -0.05) is 24.8 Å². The van der Waals surface area contributed by atoms with Crippen molar-refractivity contribution >= 4 is 11.8 Å². The van der Waals surface area contributed by atoms with Crippen molar-refractivity contribution < 1.29 is 28.9 Å². The zero-order valence-electron chi connectivity index (χ0n) is 16.0. The smallest absolute Gasteiger partial charge is 0.306 e. The highest BCUT2D eigenvalue weighted by Gasteiger charge is 2.43. The van der Waals surface area contributed by atoms with Crippen LogP contribution in [0.5, 0.6) is 0 Å². The number of carbonyl (C=O) groups is 2. The third kappa shape index (κ3) is 7.20. The fraction of sp³-hybridized carbons (Fsp3) is 0.714. The fourth-order valence-electron chi connectivity index (χ4n) is 3.66. The molecule has 2 rings (SSSR count). The highest BCUT2D eigenvalue weighted by atomic mass is 16.7. The Morgan fingerprint density at radius 1 is 1.33 bits per heavy atom. The van der Waals surface area contributed by atoms with E-state index in [2.05, 4.69) is 6.58 Å². The quantitative estimate of drug-likeness (QED) is 0.337. The van der Waals surface area contributed by atoms with Gasteiger partial charge in [0, 0.05) is 37.9 Å². The molecule has 6 heteroatoms. The molecule has 1 saturated carbocycles. The summed E-state index contributed by atoms with van der Waals surface area (Å²) in [4.78, 5) is 23.7. The predicted molar refractivity (Wildman–Crippen MR) is 101 cm³/mol. The predicted octanol–water partition coefficient (Wildman–Crippen LogP) is 2.94. The van der Waals surface area contributed by atoms with E-state index in [1.807, 2.05) is 12.2 Å². The molecule has 4 atom stereocenters. The highest BCUT2D eigenvalue weighted by Crippen LogP contribution is 2.35. The maximum absolute atomic E-state index is 12.4. The molecule has 27 heavy (non-hydrogen) atoms. The molecule has 1 aliphatic carbocycles. The summed E-state index contributed by atoms with van der Waals surface area (Å²) in [5.41, 5.74) is 0. The molecule has 2 aliphatic rings. The van der Waals surface area contributed by atoms with E-state index < -0.39 is 0 Å². The second-order valence-electron chi connectivity index (χ2n) is 7.17. The number of unbranched alkanes of at least 4 members (excludes halogenated alkanes) is 1. The van der Waals surface area contributed by atoms with Gasteiger partial charge in [-0.25, -0.2) is 0 Å². The van der Waals surface area contributed by atoms with E-state index in [1.54, 1.807) is 6.08 Å². The van der Waals surface area contributed by atoms with Crippen LogP contribution in [0.25, 0.3) is 0 Å². The number of aliphatic hydroxyl groups is 1. The van der Waals surface area contributed by atoms with Crippen molar-refractivity contribution in [3.63, 3.8) is 0 Å². The molecule has 1 N–H and O–H groups in total. The van der Waals surface area contributed by atoms with Gasteiger partial charge in [0.15, 0.2) is 6.29 Å². The molecule has 0 radical (unpaired) electrons. The summed E-state index contributed by atoms with van der Waals surface area (Å²) in [5, 5.41) is 9.77. The summed E-state index contributed by atoms with van der Waals surface area (Å²) in [6.07, 6.45) is 10.7. The molecule has 1 saturated heterocycles. The van der Waals surface area contributed by atoms with Crippen LogP contribution >= 0.6 is 0 Å². The van der Waals surface area contributed by atoms with Crippen LogP contribution in [0.15, 0.2) is 24.8 Å². The lowest BCUT2D eigenvalue weighted by molar-refractivity contribution is -0.197. The lowest BCUT2D eigenvalue weighted by Gasteiger charge is -2.28. The summed E-state index contributed by atoms with van der Waals surface area (Å²) in [6.45, 7) is 4.38. The average Bonchev–Trinajstić information content (AvgIpc) is 2.97. The Bertz CT molecular complexity index is 509. The van der Waals surface area contributed by atoms with Gasteiger partial charge in [-0.05, 0) is 38.5 Å². The number of allylic oxidation sites excluding steroid dienone is 2. The van der Waals surface area contributed by atoms with Gasteiger partial charge in [0.25, 0.3) is 0 Å². The number of ketones is 1. The first-order chi connectivity index (χ1) is 13.2. The zero-order chi connectivity index (χ0) is 19.5. The van der Waals surface area contributed by atoms with Gasteiger partial charge in [0.1, 0.15) is 12.4 Å². The molecule has 1 unspecified atom stereocenters. The Morgan fingerprint density at radius 3 is 2.89 bits per heavy atom. The molecule has 0 aromatic carbocycles. The first kappa shape index (κ1) is 21.8. The molecule has 0 aromatic rings. The molecule has 2 fully saturated rings. The third-order valence-electron chi connectivity index (χ3n) is 5.16. The second kappa shape index (κ2) is 12.1. The van der Waals surface area contributed by atoms with Gasteiger partial charge in [-0.3, -0.25) is 9.59 Å². The van der Waals surface area contributed by atoms with Crippen molar-refractivity contribution in [2.75, 3.05) is 19.8 Å². The van der Waals surface area contributed by atoms with Gasteiger partial charge in [0.2, 0.25) is 0 Å². The number of esters is 1. The first-order valence-electron chi connectivity index (χ1n) is 9.97. The van der Waals surface area contributed by atoms with Crippen LogP contribution in [0, 0.1) is 11.8 Å². The summed E-state index contributed by atoms with van der Waals surface area (Å²) < 4.78 is 16.5. The second-order valence-corrected chi connectivity index (χ2v) is 7.17. The van der Waals surface area contributed by atoms with E-state index in [0.29, 0.717) is 32.3 Å². The molecule has 1 aliphatic heterocycles. The molecular formula is C21H32O6.